The Morgan fingerprint density at radius 1 is 1.42 bits per heavy atom. The zero-order valence-electron chi connectivity index (χ0n) is 9.63. The van der Waals surface area contributed by atoms with E-state index in [0.29, 0.717) is 6.54 Å². The average molecular weight is 297 g/mol. The van der Waals surface area contributed by atoms with Crippen LogP contribution < -0.4 is 5.32 Å². The molecule has 0 atom stereocenters. The summed E-state index contributed by atoms with van der Waals surface area (Å²) in [6, 6.07) is 5.68. The molecule has 1 amide bonds. The molecule has 0 aliphatic rings. The molecule has 0 fully saturated rings. The van der Waals surface area contributed by atoms with Crippen molar-refractivity contribution < 1.29 is 9.72 Å². The minimum atomic E-state index is -0.557. The fourth-order valence-corrected chi connectivity index (χ4v) is 2.40. The number of rotatable bonds is 4. The first-order chi connectivity index (χ1) is 9.08. The van der Waals surface area contributed by atoms with Gasteiger partial charge in [0.1, 0.15) is 0 Å². The number of carbonyl (C=O) groups is 1. The Morgan fingerprint density at radius 2 is 2.21 bits per heavy atom. The van der Waals surface area contributed by atoms with Gasteiger partial charge in [-0.15, -0.1) is 0 Å². The summed E-state index contributed by atoms with van der Waals surface area (Å²) in [6.45, 7) is 0.398. The highest BCUT2D eigenvalue weighted by molar-refractivity contribution is 7.07. The van der Waals surface area contributed by atoms with Gasteiger partial charge in [-0.25, -0.2) is 0 Å². The molecule has 19 heavy (non-hydrogen) atoms. The molecule has 1 aromatic heterocycles. The van der Waals surface area contributed by atoms with Crippen molar-refractivity contribution in [3.63, 3.8) is 0 Å². The van der Waals surface area contributed by atoms with Gasteiger partial charge in [-0.05, 0) is 28.5 Å². The van der Waals surface area contributed by atoms with Gasteiger partial charge in [0.05, 0.1) is 15.5 Å². The van der Waals surface area contributed by atoms with Crippen molar-refractivity contribution in [2.45, 2.75) is 6.54 Å². The topological polar surface area (TPSA) is 72.2 Å². The predicted octanol–water partition coefficient (Wildman–Crippen LogP) is 3.24. The molecule has 0 saturated carbocycles. The SMILES string of the molecule is O=C(NCc1ccsc1)c1ccc([N+](=O)[O-])cc1Cl. The van der Waals surface area contributed by atoms with E-state index >= 15 is 0 Å². The molecule has 0 aliphatic carbocycles. The summed E-state index contributed by atoms with van der Waals surface area (Å²) in [5.74, 6) is -0.355. The average Bonchev–Trinajstić information content (AvgIpc) is 2.88. The van der Waals surface area contributed by atoms with Crippen molar-refractivity contribution in [1.82, 2.24) is 5.32 Å². The minimum Gasteiger partial charge on any atom is -0.348 e. The minimum absolute atomic E-state index is 0.0667. The Morgan fingerprint density at radius 3 is 2.79 bits per heavy atom. The number of carbonyl (C=O) groups excluding carboxylic acids is 1. The summed E-state index contributed by atoms with van der Waals surface area (Å²) in [7, 11) is 0. The molecule has 2 rings (SSSR count). The third-order valence-electron chi connectivity index (χ3n) is 2.44. The van der Waals surface area contributed by atoms with Gasteiger partial charge < -0.3 is 5.32 Å². The molecular formula is C12H9ClN2O3S. The Labute approximate surface area is 118 Å². The van der Waals surface area contributed by atoms with E-state index in [-0.39, 0.29) is 22.2 Å². The number of hydrogen-bond acceptors (Lipinski definition) is 4. The predicted molar refractivity (Wildman–Crippen MR) is 73.6 cm³/mol. The van der Waals surface area contributed by atoms with E-state index in [1.807, 2.05) is 16.8 Å². The number of nitro benzene ring substituents is 1. The third kappa shape index (κ3) is 3.30. The second kappa shape index (κ2) is 5.81. The van der Waals surface area contributed by atoms with E-state index in [0.717, 1.165) is 5.56 Å². The molecule has 7 heteroatoms. The molecule has 98 valence electrons. The number of non-ortho nitro benzene ring substituents is 1. The van der Waals surface area contributed by atoms with Gasteiger partial charge in [0, 0.05) is 18.7 Å². The number of thiophene rings is 1. The quantitative estimate of drug-likeness (QED) is 0.695. The molecule has 1 N–H and O–H groups in total. The van der Waals surface area contributed by atoms with Gasteiger partial charge in [-0.2, -0.15) is 11.3 Å². The van der Waals surface area contributed by atoms with Gasteiger partial charge in [-0.3, -0.25) is 14.9 Å². The van der Waals surface area contributed by atoms with Crippen LogP contribution in [0.4, 0.5) is 5.69 Å². The zero-order valence-corrected chi connectivity index (χ0v) is 11.2. The van der Waals surface area contributed by atoms with Crippen LogP contribution in [0.25, 0.3) is 0 Å². The lowest BCUT2D eigenvalue weighted by Crippen LogP contribution is -2.22. The molecule has 0 radical (unpaired) electrons. The van der Waals surface area contributed by atoms with Crippen LogP contribution in [0.15, 0.2) is 35.0 Å². The van der Waals surface area contributed by atoms with Crippen molar-refractivity contribution in [2.24, 2.45) is 0 Å². The van der Waals surface area contributed by atoms with Crippen LogP contribution in [-0.2, 0) is 6.54 Å². The van der Waals surface area contributed by atoms with Gasteiger partial charge in [0.2, 0.25) is 0 Å². The molecule has 0 unspecified atom stereocenters. The normalized spacial score (nSPS) is 10.2. The Balaban J connectivity index is 2.09. The number of nitrogens with zero attached hydrogens (tertiary/aromatic N) is 1. The first-order valence-electron chi connectivity index (χ1n) is 5.31. The van der Waals surface area contributed by atoms with Gasteiger partial charge in [0.25, 0.3) is 11.6 Å². The summed E-state index contributed by atoms with van der Waals surface area (Å²) >= 11 is 7.41. The first-order valence-corrected chi connectivity index (χ1v) is 6.63. The van der Waals surface area contributed by atoms with E-state index in [2.05, 4.69) is 5.32 Å². The number of benzene rings is 1. The fourth-order valence-electron chi connectivity index (χ4n) is 1.47. The van der Waals surface area contributed by atoms with Gasteiger partial charge in [-0.1, -0.05) is 11.6 Å². The summed E-state index contributed by atoms with van der Waals surface area (Å²) in [6.07, 6.45) is 0. The lowest BCUT2D eigenvalue weighted by atomic mass is 10.2. The van der Waals surface area contributed by atoms with Crippen LogP contribution in [0.5, 0.6) is 0 Å². The molecule has 2 aromatic rings. The lowest BCUT2D eigenvalue weighted by molar-refractivity contribution is -0.384. The second-order valence-corrected chi connectivity index (χ2v) is 4.92. The highest BCUT2D eigenvalue weighted by Crippen LogP contribution is 2.22. The molecule has 1 aromatic carbocycles. The van der Waals surface area contributed by atoms with E-state index in [4.69, 9.17) is 11.6 Å². The van der Waals surface area contributed by atoms with Crippen LogP contribution >= 0.6 is 22.9 Å². The third-order valence-corrected chi connectivity index (χ3v) is 3.49. The molecule has 0 aliphatic heterocycles. The highest BCUT2D eigenvalue weighted by atomic mass is 35.5. The maximum atomic E-state index is 11.9. The van der Waals surface area contributed by atoms with Crippen LogP contribution in [0.2, 0.25) is 5.02 Å². The van der Waals surface area contributed by atoms with E-state index < -0.39 is 4.92 Å². The van der Waals surface area contributed by atoms with Crippen LogP contribution in [0.3, 0.4) is 0 Å². The van der Waals surface area contributed by atoms with Gasteiger partial charge >= 0.3 is 0 Å². The Bertz CT molecular complexity index is 613. The number of amides is 1. The zero-order chi connectivity index (χ0) is 13.8. The second-order valence-electron chi connectivity index (χ2n) is 3.74. The molecule has 0 saturated heterocycles. The van der Waals surface area contributed by atoms with Crippen LogP contribution in [-0.4, -0.2) is 10.8 Å². The Kier molecular flexibility index (Phi) is 4.13. The largest absolute Gasteiger partial charge is 0.348 e. The first kappa shape index (κ1) is 13.5. The van der Waals surface area contributed by atoms with Gasteiger partial charge in [0.15, 0.2) is 0 Å². The summed E-state index contributed by atoms with van der Waals surface area (Å²) < 4.78 is 0. The molecular weight excluding hydrogens is 288 g/mol. The molecule has 0 bridgehead atoms. The van der Waals surface area contributed by atoms with E-state index in [1.165, 1.54) is 18.2 Å². The molecule has 5 nitrogen and oxygen atoms in total. The Hall–Kier alpha value is -1.92. The smallest absolute Gasteiger partial charge is 0.270 e. The molecule has 1 heterocycles. The maximum Gasteiger partial charge on any atom is 0.270 e. The summed E-state index contributed by atoms with van der Waals surface area (Å²) in [5, 5.41) is 17.2. The van der Waals surface area contributed by atoms with Crippen molar-refractivity contribution in [3.05, 3.63) is 61.3 Å². The van der Waals surface area contributed by atoms with Crippen LogP contribution in [0, 0.1) is 10.1 Å². The standard InChI is InChI=1S/C12H9ClN2O3S/c13-11-5-9(15(17)18)1-2-10(11)12(16)14-6-8-3-4-19-7-8/h1-5,7H,6H2,(H,14,16). The van der Waals surface area contributed by atoms with Crippen molar-refractivity contribution in [3.8, 4) is 0 Å². The summed E-state index contributed by atoms with van der Waals surface area (Å²) in [4.78, 5) is 21.9. The lowest BCUT2D eigenvalue weighted by Gasteiger charge is -2.05. The fraction of sp³-hybridized carbons (Fsp3) is 0.0833. The number of halogens is 1. The van der Waals surface area contributed by atoms with E-state index in [1.54, 1.807) is 11.3 Å². The monoisotopic (exact) mass is 296 g/mol. The van der Waals surface area contributed by atoms with E-state index in [9.17, 15) is 14.9 Å². The van der Waals surface area contributed by atoms with Crippen molar-refractivity contribution in [1.29, 1.82) is 0 Å². The number of nitro groups is 1. The van der Waals surface area contributed by atoms with Crippen LogP contribution in [0.1, 0.15) is 15.9 Å². The molecule has 0 spiro atoms. The van der Waals surface area contributed by atoms with Crippen molar-refractivity contribution >= 4 is 34.5 Å². The maximum absolute atomic E-state index is 11.9. The summed E-state index contributed by atoms with van der Waals surface area (Å²) in [5.41, 5.74) is 1.08. The van der Waals surface area contributed by atoms with Crippen molar-refractivity contribution in [2.75, 3.05) is 0 Å². The number of nitrogens with one attached hydrogen (secondary N) is 1. The number of hydrogen-bond donors (Lipinski definition) is 1. The highest BCUT2D eigenvalue weighted by Gasteiger charge is 2.14.